The fraction of sp³-hybridized carbons (Fsp3) is 0.895. The average molecular weight is 786 g/mol. The van der Waals surface area contributed by atoms with Gasteiger partial charge in [-0.05, 0) is 0 Å². The largest absolute Gasteiger partial charge is 0.456 e. The number of carbonyl (C=O) groups excluding carboxylic acids is 2. The first-order chi connectivity index (χ1) is 21.1. The first-order valence-corrected chi connectivity index (χ1v) is 11.1. The van der Waals surface area contributed by atoms with E-state index in [9.17, 15) is 75.4 Å². The highest BCUT2D eigenvalue weighted by molar-refractivity contribution is 5.44. The van der Waals surface area contributed by atoms with Gasteiger partial charge in [0.1, 0.15) is 0 Å². The zero-order valence-electron chi connectivity index (χ0n) is 21.5. The molecule has 30 heteroatoms. The summed E-state index contributed by atoms with van der Waals surface area (Å²) in [6, 6.07) is 0. The van der Waals surface area contributed by atoms with Gasteiger partial charge in [-0.1, -0.05) is 0 Å². The number of halogens is 26. The van der Waals surface area contributed by atoms with Gasteiger partial charge < -0.3 is 0 Å². The summed E-state index contributed by atoms with van der Waals surface area (Å²) >= 11 is 0. The van der Waals surface area contributed by atoms with Gasteiger partial charge in [-0.2, -0.15) is 110 Å². The van der Waals surface area contributed by atoms with E-state index in [1.165, 1.54) is 0 Å². The summed E-state index contributed by atoms with van der Waals surface area (Å²) in [5.74, 6) is -101. The summed E-state index contributed by atoms with van der Waals surface area (Å²) in [6.45, 7) is -10.3. The number of isocyanates is 2. The van der Waals surface area contributed by atoms with Crippen LogP contribution in [0.1, 0.15) is 0 Å². The molecule has 0 saturated heterocycles. The van der Waals surface area contributed by atoms with Crippen molar-refractivity contribution < 1.29 is 124 Å². The number of hydrogen-bond acceptors (Lipinski definition) is 4. The van der Waals surface area contributed by atoms with Gasteiger partial charge in [-0.15, -0.1) is 0 Å². The summed E-state index contributed by atoms with van der Waals surface area (Å²) in [5, 5.41) is 0. The second-order valence-corrected chi connectivity index (χ2v) is 10.1. The van der Waals surface area contributed by atoms with Gasteiger partial charge in [0.2, 0.25) is 17.8 Å². The molecule has 0 spiro atoms. The maximum absolute atomic E-state index is 17.1. The Morgan fingerprint density at radius 1 is 0.367 bits per heavy atom. The molecule has 0 aromatic heterocycles. The molecule has 49 heavy (non-hydrogen) atoms. The predicted molar refractivity (Wildman–Crippen MR) is 95.2 cm³/mol. The molecule has 0 amide bonds. The summed E-state index contributed by atoms with van der Waals surface area (Å²) in [4.78, 5) is 22.9. The Kier molecular flexibility index (Phi) is 8.63. The highest BCUT2D eigenvalue weighted by Crippen LogP contribution is 2.85. The zero-order chi connectivity index (χ0) is 39.7. The predicted octanol–water partition coefficient (Wildman–Crippen LogP) is 7.92. The first-order valence-electron chi connectivity index (χ1n) is 11.1. The fourth-order valence-corrected chi connectivity index (χ4v) is 5.53. The lowest BCUT2D eigenvalue weighted by Gasteiger charge is -2.67. The topological polar surface area (TPSA) is 58.9 Å². The maximum Gasteiger partial charge on any atom is 0.456 e. The van der Waals surface area contributed by atoms with Crippen LogP contribution in [0.3, 0.4) is 0 Å². The van der Waals surface area contributed by atoms with Crippen LogP contribution in [0, 0.1) is 10.8 Å². The highest BCUT2D eigenvalue weighted by atomic mass is 19.4. The van der Waals surface area contributed by atoms with E-state index >= 15 is 48.3 Å². The number of aliphatic imine (C=N–C) groups is 2. The standard InChI is InChI=1S/C19H4F26N2O2/c20-7(12(29,30)19(43,44)45,5(1-46-3-48)8(21,22)13(31,32)17(39,40)14(33,34)9(5,23)24)6(2-47-4-49)10(25,26)15(35,36)18(41,42)16(37,38)11(6,27)28/h1-2H2. The van der Waals surface area contributed by atoms with Crippen LogP contribution in [-0.2, 0) is 9.59 Å². The van der Waals surface area contributed by atoms with Gasteiger partial charge in [0.05, 0.1) is 13.1 Å². The minimum atomic E-state index is -10.2. The molecule has 2 aliphatic rings. The molecule has 0 bridgehead atoms. The summed E-state index contributed by atoms with van der Waals surface area (Å²) in [7, 11) is 0. The van der Waals surface area contributed by atoms with Crippen molar-refractivity contribution in [2.75, 3.05) is 13.1 Å². The molecule has 0 aromatic rings. The van der Waals surface area contributed by atoms with Gasteiger partial charge in [-0.25, -0.2) is 24.0 Å². The van der Waals surface area contributed by atoms with Crippen molar-refractivity contribution in [3.63, 3.8) is 0 Å². The van der Waals surface area contributed by atoms with Crippen molar-refractivity contribution in [2.45, 2.75) is 77.0 Å². The normalized spacial score (nSPS) is 30.1. The van der Waals surface area contributed by atoms with Gasteiger partial charge in [0.25, 0.3) is 0 Å². The molecule has 284 valence electrons. The van der Waals surface area contributed by atoms with Crippen LogP contribution in [0.4, 0.5) is 114 Å². The highest BCUT2D eigenvalue weighted by Gasteiger charge is 3.13. The second-order valence-electron chi connectivity index (χ2n) is 10.1. The molecule has 0 radical (unpaired) electrons. The van der Waals surface area contributed by atoms with E-state index in [1.54, 1.807) is 0 Å². The lowest BCUT2D eigenvalue weighted by atomic mass is 9.42. The Balaban J connectivity index is 3.89. The summed E-state index contributed by atoms with van der Waals surface area (Å²) < 4.78 is 383. The minimum absolute atomic E-state index is 0.740. The van der Waals surface area contributed by atoms with E-state index in [-0.39, 0.29) is 0 Å². The average Bonchev–Trinajstić information content (AvgIpc) is 2.90. The van der Waals surface area contributed by atoms with Gasteiger partial charge in [-0.3, -0.25) is 0 Å². The molecule has 2 aliphatic carbocycles. The van der Waals surface area contributed by atoms with Crippen molar-refractivity contribution in [3.8, 4) is 0 Å². The van der Waals surface area contributed by atoms with E-state index in [2.05, 4.69) is 0 Å². The fourth-order valence-electron chi connectivity index (χ4n) is 5.53. The van der Waals surface area contributed by atoms with Crippen molar-refractivity contribution in [1.82, 2.24) is 0 Å². The molecule has 2 saturated carbocycles. The molecule has 0 N–H and O–H groups in total. The van der Waals surface area contributed by atoms with Gasteiger partial charge >= 0.3 is 71.3 Å². The number of nitrogens with zero attached hydrogens (tertiary/aromatic N) is 2. The third-order valence-electron chi connectivity index (χ3n) is 8.03. The molecule has 0 aliphatic heterocycles. The Labute approximate surface area is 248 Å². The molecule has 4 nitrogen and oxygen atoms in total. The summed E-state index contributed by atoms with van der Waals surface area (Å²) in [5.41, 5.74) is -28.8. The third kappa shape index (κ3) is 3.64. The van der Waals surface area contributed by atoms with Crippen LogP contribution in [0.25, 0.3) is 0 Å². The van der Waals surface area contributed by atoms with Crippen LogP contribution < -0.4 is 0 Å². The molecule has 0 aromatic carbocycles. The number of hydrogen-bond donors (Lipinski definition) is 0. The van der Waals surface area contributed by atoms with Crippen molar-refractivity contribution in [3.05, 3.63) is 0 Å². The molecular formula is C19H4F26N2O2. The molecule has 2 fully saturated rings. The van der Waals surface area contributed by atoms with Crippen LogP contribution >= 0.6 is 0 Å². The molecule has 0 unspecified atom stereocenters. The van der Waals surface area contributed by atoms with Crippen LogP contribution in [-0.4, -0.2) is 102 Å². The Morgan fingerprint density at radius 2 is 0.551 bits per heavy atom. The number of rotatable bonds is 7. The molecule has 0 atom stereocenters. The van der Waals surface area contributed by atoms with Crippen molar-refractivity contribution in [2.24, 2.45) is 20.8 Å². The third-order valence-corrected chi connectivity index (χ3v) is 8.03. The van der Waals surface area contributed by atoms with Gasteiger partial charge in [0.15, 0.2) is 10.8 Å². The Bertz CT molecular complexity index is 1300. The quantitative estimate of drug-likeness (QED) is 0.150. The Hall–Kier alpha value is -3.06. The second kappa shape index (κ2) is 10.0. The number of alkyl halides is 26. The van der Waals surface area contributed by atoms with E-state index in [0.717, 1.165) is 9.98 Å². The first kappa shape index (κ1) is 42.1. The van der Waals surface area contributed by atoms with E-state index in [1.807, 2.05) is 0 Å². The minimum Gasteiger partial charge on any atom is -0.234 e. The van der Waals surface area contributed by atoms with Crippen molar-refractivity contribution >= 4 is 12.2 Å². The van der Waals surface area contributed by atoms with Crippen LogP contribution in [0.15, 0.2) is 9.98 Å². The monoisotopic (exact) mass is 786 g/mol. The maximum atomic E-state index is 17.1. The lowest BCUT2D eigenvalue weighted by molar-refractivity contribution is -0.558. The van der Waals surface area contributed by atoms with Crippen LogP contribution in [0.2, 0.25) is 0 Å². The molecular weight excluding hydrogens is 782 g/mol. The van der Waals surface area contributed by atoms with Crippen LogP contribution in [0.5, 0.6) is 0 Å². The van der Waals surface area contributed by atoms with E-state index in [0.29, 0.717) is 0 Å². The molecule has 2 rings (SSSR count). The van der Waals surface area contributed by atoms with Crippen molar-refractivity contribution in [1.29, 1.82) is 0 Å². The zero-order valence-corrected chi connectivity index (χ0v) is 21.5. The smallest absolute Gasteiger partial charge is 0.234 e. The summed E-state index contributed by atoms with van der Waals surface area (Å²) in [6.07, 6.45) is -10.6. The lowest BCUT2D eigenvalue weighted by Crippen LogP contribution is -2.96. The van der Waals surface area contributed by atoms with E-state index in [4.69, 9.17) is 0 Å². The van der Waals surface area contributed by atoms with Gasteiger partial charge in [0, 0.05) is 0 Å². The Morgan fingerprint density at radius 3 is 0.714 bits per heavy atom. The molecule has 0 heterocycles. The van der Waals surface area contributed by atoms with E-state index < -0.39 is 113 Å². The SMILES string of the molecule is O=C=NCC1(C(F)(C(F)(F)C(F)(F)F)C2(CN=C=O)C(F)(F)C(F)(F)C(F)(F)C(F)(F)C2(F)F)C(F)(F)C(F)(F)C(F)(F)C(F)(F)C1(F)F.